The van der Waals surface area contributed by atoms with E-state index < -0.39 is 11.7 Å². The summed E-state index contributed by atoms with van der Waals surface area (Å²) >= 11 is 0. The third-order valence-electron chi connectivity index (χ3n) is 3.26. The Balaban J connectivity index is 2.16. The number of anilines is 1. The molecule has 106 valence electrons. The molecule has 0 atom stereocenters. The Hall–Kier alpha value is -1.89. The molecular weight excluding hydrogens is 271 g/mol. The standard InChI is InChI=1S/C13H12F3N3O/c14-13(15,16)9-1-2-10(19-5-7-20-8-6-19)12-11(9)17-3-4-18-12/h1-4H,5-8H2. The fourth-order valence-electron chi connectivity index (χ4n) is 2.33. The van der Waals surface area contributed by atoms with Crippen molar-refractivity contribution in [3.05, 3.63) is 30.1 Å². The van der Waals surface area contributed by atoms with Gasteiger partial charge in [0, 0.05) is 25.5 Å². The number of alkyl halides is 3. The smallest absolute Gasteiger partial charge is 0.378 e. The van der Waals surface area contributed by atoms with Crippen LogP contribution < -0.4 is 4.90 Å². The van der Waals surface area contributed by atoms with Crippen molar-refractivity contribution in [1.82, 2.24) is 9.97 Å². The van der Waals surface area contributed by atoms with Crippen LogP contribution in [0.5, 0.6) is 0 Å². The zero-order chi connectivity index (χ0) is 14.2. The zero-order valence-electron chi connectivity index (χ0n) is 10.5. The van der Waals surface area contributed by atoms with Crippen molar-refractivity contribution in [1.29, 1.82) is 0 Å². The molecule has 20 heavy (non-hydrogen) atoms. The van der Waals surface area contributed by atoms with Crippen molar-refractivity contribution in [2.45, 2.75) is 6.18 Å². The first-order valence-corrected chi connectivity index (χ1v) is 6.21. The van der Waals surface area contributed by atoms with E-state index in [1.807, 2.05) is 4.90 Å². The Morgan fingerprint density at radius 1 is 1.00 bits per heavy atom. The molecular formula is C13H12F3N3O. The van der Waals surface area contributed by atoms with Crippen LogP contribution in [-0.2, 0) is 10.9 Å². The van der Waals surface area contributed by atoms with Gasteiger partial charge in [0.25, 0.3) is 0 Å². The molecule has 0 spiro atoms. The Bertz CT molecular complexity index is 624. The summed E-state index contributed by atoms with van der Waals surface area (Å²) in [5.74, 6) is 0. The molecule has 1 aliphatic rings. The number of hydrogen-bond acceptors (Lipinski definition) is 4. The molecule has 1 saturated heterocycles. The number of nitrogens with zero attached hydrogens (tertiary/aromatic N) is 3. The zero-order valence-corrected chi connectivity index (χ0v) is 10.5. The van der Waals surface area contributed by atoms with Gasteiger partial charge in [-0.25, -0.2) is 0 Å². The molecule has 1 aromatic carbocycles. The van der Waals surface area contributed by atoms with Crippen LogP contribution in [0.15, 0.2) is 24.5 Å². The van der Waals surface area contributed by atoms with Crippen molar-refractivity contribution >= 4 is 16.7 Å². The van der Waals surface area contributed by atoms with Gasteiger partial charge in [0.2, 0.25) is 0 Å². The maximum Gasteiger partial charge on any atom is 0.418 e. The van der Waals surface area contributed by atoms with Gasteiger partial charge in [-0.1, -0.05) is 0 Å². The van der Waals surface area contributed by atoms with Crippen LogP contribution in [0.2, 0.25) is 0 Å². The molecule has 0 unspecified atom stereocenters. The fraction of sp³-hybridized carbons (Fsp3) is 0.385. The van der Waals surface area contributed by atoms with Crippen molar-refractivity contribution in [2.24, 2.45) is 0 Å². The maximum atomic E-state index is 13.0. The highest BCUT2D eigenvalue weighted by Gasteiger charge is 2.34. The van der Waals surface area contributed by atoms with E-state index in [1.54, 1.807) is 0 Å². The van der Waals surface area contributed by atoms with Crippen LogP contribution >= 0.6 is 0 Å². The van der Waals surface area contributed by atoms with Gasteiger partial charge in [-0.3, -0.25) is 9.97 Å². The Morgan fingerprint density at radius 3 is 2.30 bits per heavy atom. The summed E-state index contributed by atoms with van der Waals surface area (Å²) < 4.78 is 44.2. The van der Waals surface area contributed by atoms with Gasteiger partial charge in [-0.05, 0) is 12.1 Å². The van der Waals surface area contributed by atoms with Crippen LogP contribution in [-0.4, -0.2) is 36.3 Å². The van der Waals surface area contributed by atoms with Crippen LogP contribution in [0.4, 0.5) is 18.9 Å². The predicted molar refractivity (Wildman–Crippen MR) is 67.6 cm³/mol. The summed E-state index contributed by atoms with van der Waals surface area (Å²) in [6, 6.07) is 2.53. The molecule has 0 aliphatic carbocycles. The fourth-order valence-corrected chi connectivity index (χ4v) is 2.33. The number of hydrogen-bond donors (Lipinski definition) is 0. The van der Waals surface area contributed by atoms with Gasteiger partial charge in [-0.2, -0.15) is 13.2 Å². The molecule has 4 nitrogen and oxygen atoms in total. The normalized spacial score (nSPS) is 16.6. The van der Waals surface area contributed by atoms with E-state index in [2.05, 4.69) is 9.97 Å². The summed E-state index contributed by atoms with van der Waals surface area (Å²) in [6.07, 6.45) is -1.75. The van der Waals surface area contributed by atoms with E-state index in [0.29, 0.717) is 32.0 Å². The molecule has 0 N–H and O–H groups in total. The van der Waals surface area contributed by atoms with Gasteiger partial charge in [0.1, 0.15) is 11.0 Å². The van der Waals surface area contributed by atoms with E-state index in [0.717, 1.165) is 6.07 Å². The van der Waals surface area contributed by atoms with E-state index in [-0.39, 0.29) is 11.0 Å². The lowest BCUT2D eigenvalue weighted by molar-refractivity contribution is -0.136. The number of benzene rings is 1. The average Bonchev–Trinajstić information content (AvgIpc) is 2.46. The lowest BCUT2D eigenvalue weighted by Crippen LogP contribution is -2.36. The second kappa shape index (κ2) is 4.90. The number of fused-ring (bicyclic) bond motifs is 1. The van der Waals surface area contributed by atoms with Gasteiger partial charge in [-0.15, -0.1) is 0 Å². The third-order valence-corrected chi connectivity index (χ3v) is 3.26. The van der Waals surface area contributed by atoms with Crippen molar-refractivity contribution in [3.63, 3.8) is 0 Å². The predicted octanol–water partition coefficient (Wildman–Crippen LogP) is 2.49. The number of aromatic nitrogens is 2. The van der Waals surface area contributed by atoms with E-state index >= 15 is 0 Å². The molecule has 0 saturated carbocycles. The Morgan fingerprint density at radius 2 is 1.65 bits per heavy atom. The molecule has 2 aromatic rings. The molecule has 1 fully saturated rings. The lowest BCUT2D eigenvalue weighted by atomic mass is 10.1. The van der Waals surface area contributed by atoms with Crippen LogP contribution in [0.1, 0.15) is 5.56 Å². The monoisotopic (exact) mass is 283 g/mol. The first kappa shape index (κ1) is 13.1. The summed E-state index contributed by atoms with van der Waals surface area (Å²) in [5, 5.41) is 0. The topological polar surface area (TPSA) is 38.2 Å². The lowest BCUT2D eigenvalue weighted by Gasteiger charge is -2.29. The second-order valence-electron chi connectivity index (χ2n) is 4.48. The summed E-state index contributed by atoms with van der Waals surface area (Å²) in [5.41, 5.74) is 0.0928. The minimum absolute atomic E-state index is 0.107. The number of ether oxygens (including phenoxy) is 1. The summed E-state index contributed by atoms with van der Waals surface area (Å²) in [6.45, 7) is 2.39. The minimum atomic E-state index is -4.43. The van der Waals surface area contributed by atoms with Crippen LogP contribution in [0.25, 0.3) is 11.0 Å². The second-order valence-corrected chi connectivity index (χ2v) is 4.48. The van der Waals surface area contributed by atoms with E-state index in [1.165, 1.54) is 18.5 Å². The quantitative estimate of drug-likeness (QED) is 0.806. The van der Waals surface area contributed by atoms with Crippen molar-refractivity contribution in [2.75, 3.05) is 31.2 Å². The highest BCUT2D eigenvalue weighted by molar-refractivity contribution is 5.90. The molecule has 0 bridgehead atoms. The van der Waals surface area contributed by atoms with Gasteiger partial charge < -0.3 is 9.64 Å². The Kier molecular flexibility index (Phi) is 3.21. The molecule has 1 aliphatic heterocycles. The molecule has 0 amide bonds. The molecule has 7 heteroatoms. The number of morpholine rings is 1. The maximum absolute atomic E-state index is 13.0. The highest BCUT2D eigenvalue weighted by Crippen LogP contribution is 2.36. The number of rotatable bonds is 1. The summed E-state index contributed by atoms with van der Waals surface area (Å²) in [4.78, 5) is 9.92. The molecule has 1 aromatic heterocycles. The van der Waals surface area contributed by atoms with E-state index in [4.69, 9.17) is 4.74 Å². The first-order chi connectivity index (χ1) is 9.57. The van der Waals surface area contributed by atoms with Gasteiger partial charge in [0.05, 0.1) is 24.5 Å². The van der Waals surface area contributed by atoms with Crippen LogP contribution in [0.3, 0.4) is 0 Å². The third kappa shape index (κ3) is 2.29. The SMILES string of the molecule is FC(F)(F)c1ccc(N2CCOCC2)c2nccnc12. The number of halogens is 3. The Labute approximate surface area is 113 Å². The van der Waals surface area contributed by atoms with Crippen molar-refractivity contribution < 1.29 is 17.9 Å². The van der Waals surface area contributed by atoms with Crippen molar-refractivity contribution in [3.8, 4) is 0 Å². The van der Waals surface area contributed by atoms with Gasteiger partial charge in [0.15, 0.2) is 0 Å². The minimum Gasteiger partial charge on any atom is -0.378 e. The molecule has 2 heterocycles. The van der Waals surface area contributed by atoms with Gasteiger partial charge >= 0.3 is 6.18 Å². The average molecular weight is 283 g/mol. The van der Waals surface area contributed by atoms with E-state index in [9.17, 15) is 13.2 Å². The first-order valence-electron chi connectivity index (χ1n) is 6.21. The molecule has 0 radical (unpaired) electrons. The van der Waals surface area contributed by atoms with Crippen LogP contribution in [0, 0.1) is 0 Å². The molecule has 3 rings (SSSR count). The largest absolute Gasteiger partial charge is 0.418 e. The highest BCUT2D eigenvalue weighted by atomic mass is 19.4. The summed E-state index contributed by atoms with van der Waals surface area (Å²) in [7, 11) is 0.